The fourth-order valence-electron chi connectivity index (χ4n) is 2.62. The second-order valence-corrected chi connectivity index (χ2v) is 8.70. The van der Waals surface area contributed by atoms with Gasteiger partial charge >= 0.3 is 11.9 Å². The van der Waals surface area contributed by atoms with Crippen LogP contribution in [-0.2, 0) is 20.7 Å². The summed E-state index contributed by atoms with van der Waals surface area (Å²) in [6.07, 6.45) is 1.41. The van der Waals surface area contributed by atoms with Crippen LogP contribution in [-0.4, -0.2) is 25.7 Å². The lowest BCUT2D eigenvalue weighted by atomic mass is 9.97. The first-order valence-electron chi connectivity index (χ1n) is 8.89. The average Bonchev–Trinajstić information content (AvgIpc) is 2.99. The number of nitrogen functional groups attached to an aromatic ring is 1. The van der Waals surface area contributed by atoms with E-state index < -0.39 is 5.41 Å². The van der Waals surface area contributed by atoms with Gasteiger partial charge in [0.25, 0.3) is 0 Å². The summed E-state index contributed by atoms with van der Waals surface area (Å²) >= 11 is 1.52. The smallest absolute Gasteiger partial charge is 0.338 e. The number of carbonyl (C=O) groups excluding carboxylic acids is 2. The van der Waals surface area contributed by atoms with Crippen molar-refractivity contribution >= 4 is 29.0 Å². The van der Waals surface area contributed by atoms with Gasteiger partial charge in [0.1, 0.15) is 0 Å². The molecule has 2 N–H and O–H groups in total. The molecule has 0 aliphatic carbocycles. The van der Waals surface area contributed by atoms with Gasteiger partial charge in [0.05, 0.1) is 24.7 Å². The van der Waals surface area contributed by atoms with Gasteiger partial charge < -0.3 is 15.2 Å². The molecule has 0 spiro atoms. The first-order chi connectivity index (χ1) is 12.6. The van der Waals surface area contributed by atoms with Crippen molar-refractivity contribution in [3.8, 4) is 10.4 Å². The predicted molar refractivity (Wildman–Crippen MR) is 109 cm³/mol. The van der Waals surface area contributed by atoms with Gasteiger partial charge in [-0.05, 0) is 52.2 Å². The lowest BCUT2D eigenvalue weighted by Gasteiger charge is -2.16. The van der Waals surface area contributed by atoms with Crippen LogP contribution in [0.1, 0.15) is 48.0 Å². The Labute approximate surface area is 164 Å². The van der Waals surface area contributed by atoms with E-state index in [1.807, 2.05) is 52.0 Å². The third-order valence-corrected chi connectivity index (χ3v) is 5.30. The molecule has 5 nitrogen and oxygen atoms in total. The number of anilines is 1. The minimum Gasteiger partial charge on any atom is -0.465 e. The standard InChI is InChI=1S/C21H27NO4S/c1-13-16(19(23)25-5)12-17(27-13)15-10-6-8-14(18(15)22)9-7-11-26-20(24)21(2,3)4/h6,8,10,12H,7,9,11,22H2,1-5H3. The van der Waals surface area contributed by atoms with Gasteiger partial charge in [0.15, 0.2) is 0 Å². The van der Waals surface area contributed by atoms with Crippen molar-refractivity contribution in [2.45, 2.75) is 40.5 Å². The maximum absolute atomic E-state index is 11.8. The number of carbonyl (C=O) groups is 2. The molecule has 0 fully saturated rings. The van der Waals surface area contributed by atoms with Crippen molar-refractivity contribution in [1.82, 2.24) is 0 Å². The third-order valence-electron chi connectivity index (χ3n) is 4.22. The lowest BCUT2D eigenvalue weighted by Crippen LogP contribution is -2.23. The van der Waals surface area contributed by atoms with E-state index in [0.29, 0.717) is 30.7 Å². The van der Waals surface area contributed by atoms with Crippen molar-refractivity contribution in [3.05, 3.63) is 40.3 Å². The van der Waals surface area contributed by atoms with Crippen LogP contribution in [0.5, 0.6) is 0 Å². The van der Waals surface area contributed by atoms with Gasteiger partial charge in [0.2, 0.25) is 0 Å². The Hall–Kier alpha value is -2.34. The van der Waals surface area contributed by atoms with Crippen molar-refractivity contribution in [3.63, 3.8) is 0 Å². The largest absolute Gasteiger partial charge is 0.465 e. The number of methoxy groups -OCH3 is 1. The monoisotopic (exact) mass is 389 g/mol. The summed E-state index contributed by atoms with van der Waals surface area (Å²) in [6, 6.07) is 7.71. The average molecular weight is 390 g/mol. The van der Waals surface area contributed by atoms with Gasteiger partial charge in [-0.2, -0.15) is 0 Å². The maximum atomic E-state index is 11.8. The molecule has 0 unspecified atom stereocenters. The summed E-state index contributed by atoms with van der Waals surface area (Å²) in [4.78, 5) is 25.5. The van der Waals surface area contributed by atoms with Gasteiger partial charge in [-0.25, -0.2) is 4.79 Å². The van der Waals surface area contributed by atoms with E-state index >= 15 is 0 Å². The molecular weight excluding hydrogens is 362 g/mol. The first-order valence-corrected chi connectivity index (χ1v) is 9.70. The normalized spacial score (nSPS) is 11.3. The highest BCUT2D eigenvalue weighted by atomic mass is 32.1. The van der Waals surface area contributed by atoms with Crippen molar-refractivity contribution in [1.29, 1.82) is 0 Å². The molecule has 0 aliphatic rings. The van der Waals surface area contributed by atoms with E-state index in [0.717, 1.165) is 20.9 Å². The highest BCUT2D eigenvalue weighted by Crippen LogP contribution is 2.36. The summed E-state index contributed by atoms with van der Waals surface area (Å²) in [5.74, 6) is -0.543. The molecule has 0 saturated heterocycles. The van der Waals surface area contributed by atoms with E-state index in [9.17, 15) is 9.59 Å². The number of hydrogen-bond acceptors (Lipinski definition) is 6. The molecule has 0 amide bonds. The third kappa shape index (κ3) is 5.10. The molecule has 1 heterocycles. The zero-order valence-electron chi connectivity index (χ0n) is 16.5. The van der Waals surface area contributed by atoms with Crippen molar-refractivity contribution in [2.24, 2.45) is 5.41 Å². The number of ether oxygens (including phenoxy) is 2. The molecule has 0 atom stereocenters. The number of thiophene rings is 1. The summed E-state index contributed by atoms with van der Waals surface area (Å²) in [5.41, 5.74) is 9.05. The molecule has 0 radical (unpaired) electrons. The summed E-state index contributed by atoms with van der Waals surface area (Å²) in [6.45, 7) is 7.77. The molecule has 2 aromatic rings. The second kappa shape index (κ2) is 8.57. The van der Waals surface area contributed by atoms with Crippen LogP contribution in [0.4, 0.5) is 5.69 Å². The Morgan fingerprint density at radius 2 is 1.93 bits per heavy atom. The van der Waals surface area contributed by atoms with Gasteiger partial charge in [-0.15, -0.1) is 11.3 Å². The number of aryl methyl sites for hydroxylation is 2. The number of rotatable bonds is 6. The van der Waals surface area contributed by atoms with Crippen LogP contribution >= 0.6 is 11.3 Å². The molecule has 1 aromatic carbocycles. The summed E-state index contributed by atoms with van der Waals surface area (Å²) in [5, 5.41) is 0. The first kappa shape index (κ1) is 21.0. The topological polar surface area (TPSA) is 78.6 Å². The van der Waals surface area contributed by atoms with E-state index in [4.69, 9.17) is 15.2 Å². The zero-order chi connectivity index (χ0) is 20.2. The Balaban J connectivity index is 2.10. The predicted octanol–water partition coefficient (Wildman–Crippen LogP) is 4.61. The summed E-state index contributed by atoms with van der Waals surface area (Å²) in [7, 11) is 1.38. The Morgan fingerprint density at radius 3 is 2.56 bits per heavy atom. The van der Waals surface area contributed by atoms with Crippen LogP contribution in [0.15, 0.2) is 24.3 Å². The summed E-state index contributed by atoms with van der Waals surface area (Å²) < 4.78 is 10.1. The van der Waals surface area contributed by atoms with E-state index in [1.165, 1.54) is 18.4 Å². The molecule has 1 aromatic heterocycles. The molecule has 2 rings (SSSR count). The quantitative estimate of drug-likeness (QED) is 0.443. The minimum absolute atomic E-state index is 0.200. The van der Waals surface area contributed by atoms with E-state index in [1.54, 1.807) is 0 Å². The lowest BCUT2D eigenvalue weighted by molar-refractivity contribution is -0.153. The molecule has 0 bridgehead atoms. The molecule has 146 valence electrons. The number of para-hydroxylation sites is 1. The highest BCUT2D eigenvalue weighted by Gasteiger charge is 2.22. The van der Waals surface area contributed by atoms with Crippen LogP contribution in [0.2, 0.25) is 0 Å². The van der Waals surface area contributed by atoms with Crippen LogP contribution in [0.25, 0.3) is 10.4 Å². The van der Waals surface area contributed by atoms with Crippen LogP contribution in [0.3, 0.4) is 0 Å². The molecule has 6 heteroatoms. The highest BCUT2D eigenvalue weighted by molar-refractivity contribution is 7.15. The fraction of sp³-hybridized carbons (Fsp3) is 0.429. The SMILES string of the molecule is COC(=O)c1cc(-c2cccc(CCCOC(=O)C(C)(C)C)c2N)sc1C. The van der Waals surface area contributed by atoms with Gasteiger partial charge in [-0.1, -0.05) is 18.2 Å². The Morgan fingerprint density at radius 1 is 1.22 bits per heavy atom. The maximum Gasteiger partial charge on any atom is 0.338 e. The van der Waals surface area contributed by atoms with E-state index in [2.05, 4.69) is 0 Å². The molecular formula is C21H27NO4S. The molecule has 0 aliphatic heterocycles. The van der Waals surface area contributed by atoms with Crippen molar-refractivity contribution in [2.75, 3.05) is 19.5 Å². The number of hydrogen-bond donors (Lipinski definition) is 1. The number of benzene rings is 1. The van der Waals surface area contributed by atoms with E-state index in [-0.39, 0.29) is 11.9 Å². The fourth-order valence-corrected chi connectivity index (χ4v) is 3.66. The van der Waals surface area contributed by atoms with Crippen LogP contribution in [0, 0.1) is 12.3 Å². The zero-order valence-corrected chi connectivity index (χ0v) is 17.4. The number of nitrogens with two attached hydrogens (primary N) is 1. The van der Waals surface area contributed by atoms with Crippen LogP contribution < -0.4 is 5.73 Å². The minimum atomic E-state index is -0.493. The van der Waals surface area contributed by atoms with Gasteiger partial charge in [-0.3, -0.25) is 4.79 Å². The Bertz CT molecular complexity index is 833. The molecule has 0 saturated carbocycles. The molecule has 27 heavy (non-hydrogen) atoms. The Kier molecular flexibility index (Phi) is 6.65. The van der Waals surface area contributed by atoms with Gasteiger partial charge in [0, 0.05) is 21.0 Å². The number of esters is 2. The second-order valence-electron chi connectivity index (χ2n) is 7.44. The van der Waals surface area contributed by atoms with Crippen molar-refractivity contribution < 1.29 is 19.1 Å².